The quantitative estimate of drug-likeness (QED) is 0.535. The highest BCUT2D eigenvalue weighted by Gasteiger charge is 2.24. The summed E-state index contributed by atoms with van der Waals surface area (Å²) in [6.07, 6.45) is 4.04. The topological polar surface area (TPSA) is 82.2 Å². The lowest BCUT2D eigenvalue weighted by atomic mass is 9.97. The molecule has 3 N–H and O–H groups in total. The minimum atomic E-state index is 0.00871. The van der Waals surface area contributed by atoms with Gasteiger partial charge < -0.3 is 16.0 Å². The van der Waals surface area contributed by atoms with Gasteiger partial charge in [-0.1, -0.05) is 12.1 Å². The van der Waals surface area contributed by atoms with Crippen LogP contribution in [-0.2, 0) is 0 Å². The summed E-state index contributed by atoms with van der Waals surface area (Å²) in [4.78, 5) is 24.1. The summed E-state index contributed by atoms with van der Waals surface area (Å²) in [5, 5.41) is 10.8. The summed E-state index contributed by atoms with van der Waals surface area (Å²) in [6.45, 7) is 8.19. The van der Waals surface area contributed by atoms with Crippen molar-refractivity contribution in [3.63, 3.8) is 0 Å². The van der Waals surface area contributed by atoms with E-state index in [-0.39, 0.29) is 5.91 Å². The Morgan fingerprint density at radius 1 is 1.16 bits per heavy atom. The van der Waals surface area contributed by atoms with Crippen molar-refractivity contribution in [2.45, 2.75) is 25.8 Å². The molecule has 0 unspecified atom stereocenters. The van der Waals surface area contributed by atoms with Gasteiger partial charge in [0.25, 0.3) is 5.91 Å². The number of nitrogens with one attached hydrogen (secondary N) is 3. The lowest BCUT2D eigenvalue weighted by Gasteiger charge is -2.27. The number of rotatable bonds is 7. The predicted molar refractivity (Wildman–Crippen MR) is 128 cm³/mol. The summed E-state index contributed by atoms with van der Waals surface area (Å²) in [7, 11) is 0. The largest absolute Gasteiger partial charge is 0.353 e. The Kier molecular flexibility index (Phi) is 6.01. The van der Waals surface area contributed by atoms with Gasteiger partial charge >= 0.3 is 0 Å². The number of fused-ring (bicyclic) bond motifs is 1. The Hall–Kier alpha value is -3.03. The van der Waals surface area contributed by atoms with Crippen LogP contribution in [0.4, 0.5) is 5.95 Å². The molecule has 2 aromatic carbocycles. The van der Waals surface area contributed by atoms with Crippen molar-refractivity contribution in [3.05, 3.63) is 53.7 Å². The van der Waals surface area contributed by atoms with Crippen LogP contribution in [0.3, 0.4) is 0 Å². The Balaban J connectivity index is 1.30. The minimum Gasteiger partial charge on any atom is -0.353 e. The van der Waals surface area contributed by atoms with Crippen molar-refractivity contribution in [2.75, 3.05) is 44.6 Å². The molecule has 7 nitrogen and oxygen atoms in total. The molecule has 1 saturated heterocycles. The third-order valence-electron chi connectivity index (χ3n) is 6.22. The van der Waals surface area contributed by atoms with Gasteiger partial charge in [0.05, 0.1) is 5.52 Å². The van der Waals surface area contributed by atoms with Gasteiger partial charge in [-0.15, -0.1) is 0 Å². The van der Waals surface area contributed by atoms with Crippen molar-refractivity contribution >= 4 is 22.8 Å². The van der Waals surface area contributed by atoms with Crippen LogP contribution < -0.4 is 16.0 Å². The second-order valence-electron chi connectivity index (χ2n) is 8.76. The maximum atomic E-state index is 12.5. The number of piperazine rings is 1. The summed E-state index contributed by atoms with van der Waals surface area (Å²) in [5.74, 6) is 0.671. The van der Waals surface area contributed by atoms with E-state index >= 15 is 0 Å². The highest BCUT2D eigenvalue weighted by molar-refractivity contribution is 5.96. The van der Waals surface area contributed by atoms with E-state index in [1.807, 2.05) is 30.5 Å². The first-order valence-corrected chi connectivity index (χ1v) is 11.5. The number of amides is 1. The zero-order chi connectivity index (χ0) is 21.9. The molecular weight excluding hydrogens is 400 g/mol. The fourth-order valence-electron chi connectivity index (χ4n) is 4.12. The summed E-state index contributed by atoms with van der Waals surface area (Å²) >= 11 is 0. The first-order chi connectivity index (χ1) is 15.7. The number of carbonyl (C=O) groups excluding carboxylic acids is 1. The summed E-state index contributed by atoms with van der Waals surface area (Å²) in [5.41, 5.74) is 4.89. The molecule has 2 aliphatic rings. The highest BCUT2D eigenvalue weighted by Crippen LogP contribution is 2.28. The fraction of sp³-hybridized carbons (Fsp3) is 0.400. The highest BCUT2D eigenvalue weighted by atomic mass is 16.1. The van der Waals surface area contributed by atoms with Crippen molar-refractivity contribution in [1.82, 2.24) is 25.5 Å². The number of hydrogen-bond acceptors (Lipinski definition) is 6. The summed E-state index contributed by atoms with van der Waals surface area (Å²) in [6, 6.07) is 12.5. The van der Waals surface area contributed by atoms with E-state index in [2.05, 4.69) is 49.9 Å². The number of aryl methyl sites for hydroxylation is 1. The molecule has 0 bridgehead atoms. The Labute approximate surface area is 188 Å². The van der Waals surface area contributed by atoms with Gasteiger partial charge in [0.2, 0.25) is 5.95 Å². The third kappa shape index (κ3) is 4.89. The maximum absolute atomic E-state index is 12.5. The van der Waals surface area contributed by atoms with Crippen LogP contribution in [0.15, 0.2) is 42.6 Å². The monoisotopic (exact) mass is 430 g/mol. The number of hydrogen-bond donors (Lipinski definition) is 3. The zero-order valence-corrected chi connectivity index (χ0v) is 18.5. The van der Waals surface area contributed by atoms with Gasteiger partial charge in [-0.3, -0.25) is 9.69 Å². The number of nitrogens with zero attached hydrogens (tertiary/aromatic N) is 3. The standard InChI is InChI=1S/C25H30N6O/c1-17-2-3-19(24(32)29-21-5-6-21)15-22(17)18-4-7-23-20(14-18)16-28-25(30-23)27-10-13-31-11-8-26-9-12-31/h2-4,7,14-16,21,26H,5-6,8-13H2,1H3,(H,29,32)(H,27,28,30). The van der Waals surface area contributed by atoms with Gasteiger partial charge in [0, 0.05) is 62.5 Å². The number of anilines is 1. The van der Waals surface area contributed by atoms with E-state index in [0.29, 0.717) is 17.6 Å². The van der Waals surface area contributed by atoms with E-state index in [4.69, 9.17) is 0 Å². The lowest BCUT2D eigenvalue weighted by molar-refractivity contribution is 0.0951. The van der Waals surface area contributed by atoms with Crippen molar-refractivity contribution in [1.29, 1.82) is 0 Å². The van der Waals surface area contributed by atoms with Gasteiger partial charge in [0.1, 0.15) is 0 Å². The number of aromatic nitrogens is 2. The number of carbonyl (C=O) groups is 1. The van der Waals surface area contributed by atoms with Crippen LogP contribution in [0, 0.1) is 6.92 Å². The van der Waals surface area contributed by atoms with Gasteiger partial charge in [-0.25, -0.2) is 9.97 Å². The molecule has 5 rings (SSSR count). The Morgan fingerprint density at radius 3 is 2.81 bits per heavy atom. The molecule has 1 amide bonds. The maximum Gasteiger partial charge on any atom is 0.251 e. The van der Waals surface area contributed by atoms with Gasteiger partial charge in [-0.05, 0) is 60.7 Å². The third-order valence-corrected chi connectivity index (χ3v) is 6.22. The Bertz CT molecular complexity index is 1120. The first kappa shape index (κ1) is 20.8. The smallest absolute Gasteiger partial charge is 0.251 e. The molecule has 0 spiro atoms. The van der Waals surface area contributed by atoms with Crippen LogP contribution >= 0.6 is 0 Å². The second kappa shape index (κ2) is 9.22. The molecular formula is C25H30N6O. The molecule has 3 aromatic rings. The van der Waals surface area contributed by atoms with E-state index < -0.39 is 0 Å². The van der Waals surface area contributed by atoms with Crippen molar-refractivity contribution in [3.8, 4) is 11.1 Å². The van der Waals surface area contributed by atoms with Crippen LogP contribution in [0.2, 0.25) is 0 Å². The average molecular weight is 431 g/mol. The SMILES string of the molecule is Cc1ccc(C(=O)NC2CC2)cc1-c1ccc2nc(NCCN3CCNCC3)ncc2c1. The molecule has 166 valence electrons. The summed E-state index contributed by atoms with van der Waals surface area (Å²) < 4.78 is 0. The molecule has 1 aliphatic carbocycles. The van der Waals surface area contributed by atoms with Crippen LogP contribution in [-0.4, -0.2) is 66.1 Å². The first-order valence-electron chi connectivity index (χ1n) is 11.5. The molecule has 0 radical (unpaired) electrons. The molecule has 1 saturated carbocycles. The van der Waals surface area contributed by atoms with Gasteiger partial charge in [-0.2, -0.15) is 0 Å². The lowest BCUT2D eigenvalue weighted by Crippen LogP contribution is -2.45. The predicted octanol–water partition coefficient (Wildman–Crippen LogP) is 2.81. The molecule has 2 heterocycles. The second-order valence-corrected chi connectivity index (χ2v) is 8.76. The molecule has 7 heteroatoms. The van der Waals surface area contributed by atoms with Crippen molar-refractivity contribution in [2.24, 2.45) is 0 Å². The van der Waals surface area contributed by atoms with Crippen LogP contribution in [0.1, 0.15) is 28.8 Å². The van der Waals surface area contributed by atoms with Gasteiger partial charge in [0.15, 0.2) is 0 Å². The average Bonchev–Trinajstić information content (AvgIpc) is 3.64. The fourth-order valence-corrected chi connectivity index (χ4v) is 4.12. The van der Waals surface area contributed by atoms with Crippen LogP contribution in [0.5, 0.6) is 0 Å². The van der Waals surface area contributed by atoms with Crippen LogP contribution in [0.25, 0.3) is 22.0 Å². The Morgan fingerprint density at radius 2 is 2.00 bits per heavy atom. The minimum absolute atomic E-state index is 0.00871. The molecule has 2 fully saturated rings. The zero-order valence-electron chi connectivity index (χ0n) is 18.5. The molecule has 32 heavy (non-hydrogen) atoms. The van der Waals surface area contributed by atoms with E-state index in [1.54, 1.807) is 0 Å². The molecule has 0 atom stereocenters. The van der Waals surface area contributed by atoms with E-state index in [1.165, 1.54) is 0 Å². The van der Waals surface area contributed by atoms with E-state index in [9.17, 15) is 4.79 Å². The van der Waals surface area contributed by atoms with E-state index in [0.717, 1.165) is 79.7 Å². The number of benzene rings is 2. The van der Waals surface area contributed by atoms with Crippen molar-refractivity contribution < 1.29 is 4.79 Å². The normalized spacial score (nSPS) is 16.8. The molecule has 1 aliphatic heterocycles. The molecule has 1 aromatic heterocycles.